The molecule has 0 aliphatic heterocycles. The molecule has 0 fully saturated rings. The molecule has 100 valence electrons. The minimum atomic E-state index is -0.677. The molecule has 3 N–H and O–H groups in total. The first-order valence-electron chi connectivity index (χ1n) is 6.18. The molecule has 0 saturated carbocycles. The Hall–Kier alpha value is -1.91. The van der Waals surface area contributed by atoms with Crippen molar-refractivity contribution in [3.63, 3.8) is 0 Å². The Morgan fingerprint density at radius 1 is 1.26 bits per heavy atom. The Kier molecular flexibility index (Phi) is 4.49. The van der Waals surface area contributed by atoms with Crippen LogP contribution in [0.1, 0.15) is 23.1 Å². The summed E-state index contributed by atoms with van der Waals surface area (Å²) >= 11 is 0. The van der Waals surface area contributed by atoms with E-state index >= 15 is 0 Å². The van der Waals surface area contributed by atoms with Gasteiger partial charge >= 0.3 is 0 Å². The molecule has 2 rings (SSSR count). The summed E-state index contributed by atoms with van der Waals surface area (Å²) in [5.41, 5.74) is 7.52. The first-order valence-corrected chi connectivity index (χ1v) is 6.18. The van der Waals surface area contributed by atoms with E-state index in [1.807, 2.05) is 36.4 Å². The lowest BCUT2D eigenvalue weighted by Gasteiger charge is -2.22. The summed E-state index contributed by atoms with van der Waals surface area (Å²) in [6.45, 7) is 0.351. The average Bonchev–Trinajstić information content (AvgIpc) is 2.49. The van der Waals surface area contributed by atoms with E-state index in [9.17, 15) is 5.11 Å². The fourth-order valence-corrected chi connectivity index (χ4v) is 2.10. The minimum Gasteiger partial charge on any atom is -0.497 e. The van der Waals surface area contributed by atoms with Crippen LogP contribution in [0.4, 0.5) is 0 Å². The number of hydrogen-bond donors (Lipinski definition) is 2. The number of aliphatic hydroxyl groups excluding tert-OH is 1. The smallest absolute Gasteiger partial charge is 0.119 e. The Labute approximate surface area is 112 Å². The normalized spacial score (nSPS) is 13.8. The summed E-state index contributed by atoms with van der Waals surface area (Å²) in [7, 11) is 1.60. The van der Waals surface area contributed by atoms with E-state index in [1.54, 1.807) is 19.5 Å². The van der Waals surface area contributed by atoms with Gasteiger partial charge in [-0.05, 0) is 29.3 Å². The Morgan fingerprint density at radius 2 is 2.05 bits per heavy atom. The second-order valence-corrected chi connectivity index (χ2v) is 4.35. The maximum atomic E-state index is 10.5. The molecule has 2 atom stereocenters. The van der Waals surface area contributed by atoms with Crippen molar-refractivity contribution >= 4 is 0 Å². The van der Waals surface area contributed by atoms with Crippen LogP contribution in [-0.4, -0.2) is 23.7 Å². The van der Waals surface area contributed by atoms with Crippen molar-refractivity contribution < 1.29 is 9.84 Å². The molecule has 4 heteroatoms. The third-order valence-corrected chi connectivity index (χ3v) is 3.18. The van der Waals surface area contributed by atoms with Crippen molar-refractivity contribution in [2.24, 2.45) is 5.73 Å². The van der Waals surface area contributed by atoms with Gasteiger partial charge in [0.1, 0.15) is 5.75 Å². The standard InChI is InChI=1S/C15H18N2O2/c1-19-13-6-2-4-11(8-13)15(18)14(9-16)12-5-3-7-17-10-12/h2-8,10,14-15,18H,9,16H2,1H3. The van der Waals surface area contributed by atoms with Gasteiger partial charge in [0, 0.05) is 24.9 Å². The lowest BCUT2D eigenvalue weighted by Crippen LogP contribution is -2.20. The van der Waals surface area contributed by atoms with Gasteiger partial charge in [0.15, 0.2) is 0 Å². The molecule has 0 saturated heterocycles. The van der Waals surface area contributed by atoms with Gasteiger partial charge in [-0.3, -0.25) is 4.98 Å². The predicted molar refractivity (Wildman–Crippen MR) is 74.0 cm³/mol. The average molecular weight is 258 g/mol. The number of aliphatic hydroxyl groups is 1. The zero-order valence-corrected chi connectivity index (χ0v) is 10.9. The summed E-state index contributed by atoms with van der Waals surface area (Å²) in [5, 5.41) is 10.5. The molecule has 0 amide bonds. The Bertz CT molecular complexity index is 517. The van der Waals surface area contributed by atoms with Crippen LogP contribution in [0.15, 0.2) is 48.8 Å². The van der Waals surface area contributed by atoms with E-state index in [0.717, 1.165) is 16.9 Å². The van der Waals surface area contributed by atoms with Gasteiger partial charge in [-0.2, -0.15) is 0 Å². The maximum Gasteiger partial charge on any atom is 0.119 e. The van der Waals surface area contributed by atoms with Gasteiger partial charge in [0.2, 0.25) is 0 Å². The number of pyridine rings is 1. The molecule has 2 unspecified atom stereocenters. The summed E-state index contributed by atoms with van der Waals surface area (Å²) in [6.07, 6.45) is 2.76. The molecular weight excluding hydrogens is 240 g/mol. The summed E-state index contributed by atoms with van der Waals surface area (Å²) in [6, 6.07) is 11.2. The van der Waals surface area contributed by atoms with Crippen molar-refractivity contribution in [3.8, 4) is 5.75 Å². The molecule has 1 aromatic heterocycles. The number of benzene rings is 1. The first kappa shape index (κ1) is 13.5. The fraction of sp³-hybridized carbons (Fsp3) is 0.267. The maximum absolute atomic E-state index is 10.5. The van der Waals surface area contributed by atoms with Crippen molar-refractivity contribution in [3.05, 3.63) is 59.9 Å². The van der Waals surface area contributed by atoms with Crippen molar-refractivity contribution in [1.29, 1.82) is 0 Å². The lowest BCUT2D eigenvalue weighted by atomic mass is 9.90. The number of methoxy groups -OCH3 is 1. The summed E-state index contributed by atoms with van der Waals surface area (Å²) in [5.74, 6) is 0.541. The number of rotatable bonds is 5. The summed E-state index contributed by atoms with van der Waals surface area (Å²) in [4.78, 5) is 4.07. The van der Waals surface area contributed by atoms with Crippen molar-refractivity contribution in [1.82, 2.24) is 4.98 Å². The van der Waals surface area contributed by atoms with Crippen molar-refractivity contribution in [2.45, 2.75) is 12.0 Å². The van der Waals surface area contributed by atoms with Crippen LogP contribution in [0.2, 0.25) is 0 Å². The molecular formula is C15H18N2O2. The molecule has 2 aromatic rings. The number of aromatic nitrogens is 1. The monoisotopic (exact) mass is 258 g/mol. The number of nitrogens with two attached hydrogens (primary N) is 1. The highest BCUT2D eigenvalue weighted by atomic mass is 16.5. The topological polar surface area (TPSA) is 68.4 Å². The molecule has 4 nitrogen and oxygen atoms in total. The van der Waals surface area contributed by atoms with Crippen molar-refractivity contribution in [2.75, 3.05) is 13.7 Å². The largest absolute Gasteiger partial charge is 0.497 e. The van der Waals surface area contributed by atoms with Gasteiger partial charge in [0.25, 0.3) is 0 Å². The second kappa shape index (κ2) is 6.31. The highest BCUT2D eigenvalue weighted by Gasteiger charge is 2.21. The molecule has 0 bridgehead atoms. The number of hydrogen-bond acceptors (Lipinski definition) is 4. The van der Waals surface area contributed by atoms with E-state index in [4.69, 9.17) is 10.5 Å². The van der Waals surface area contributed by atoms with Crippen LogP contribution in [0.5, 0.6) is 5.75 Å². The molecule has 1 aromatic carbocycles. The van der Waals surface area contributed by atoms with Gasteiger partial charge in [-0.15, -0.1) is 0 Å². The van der Waals surface area contributed by atoms with Crippen LogP contribution in [-0.2, 0) is 0 Å². The van der Waals surface area contributed by atoms with Crippen LogP contribution >= 0.6 is 0 Å². The van der Waals surface area contributed by atoms with Gasteiger partial charge in [0.05, 0.1) is 13.2 Å². The SMILES string of the molecule is COc1cccc(C(O)C(CN)c2cccnc2)c1. The fourth-order valence-electron chi connectivity index (χ4n) is 2.10. The summed E-state index contributed by atoms with van der Waals surface area (Å²) < 4.78 is 5.17. The lowest BCUT2D eigenvalue weighted by molar-refractivity contribution is 0.147. The van der Waals surface area contributed by atoms with E-state index < -0.39 is 6.10 Å². The van der Waals surface area contributed by atoms with Crippen LogP contribution in [0, 0.1) is 0 Å². The molecule has 0 aliphatic rings. The van der Waals surface area contributed by atoms with Crippen LogP contribution in [0.25, 0.3) is 0 Å². The number of nitrogens with zero attached hydrogens (tertiary/aromatic N) is 1. The Balaban J connectivity index is 2.27. The van der Waals surface area contributed by atoms with Gasteiger partial charge < -0.3 is 15.6 Å². The quantitative estimate of drug-likeness (QED) is 0.859. The zero-order valence-electron chi connectivity index (χ0n) is 10.9. The van der Waals surface area contributed by atoms with Crippen LogP contribution in [0.3, 0.4) is 0 Å². The van der Waals surface area contributed by atoms with E-state index in [1.165, 1.54) is 0 Å². The highest BCUT2D eigenvalue weighted by Crippen LogP contribution is 2.31. The van der Waals surface area contributed by atoms with E-state index in [2.05, 4.69) is 4.98 Å². The Morgan fingerprint density at radius 3 is 2.68 bits per heavy atom. The molecule has 0 aliphatic carbocycles. The highest BCUT2D eigenvalue weighted by molar-refractivity contribution is 5.32. The third kappa shape index (κ3) is 3.10. The number of ether oxygens (including phenoxy) is 1. The van der Waals surface area contributed by atoms with E-state index in [-0.39, 0.29) is 5.92 Å². The van der Waals surface area contributed by atoms with Gasteiger partial charge in [-0.25, -0.2) is 0 Å². The van der Waals surface area contributed by atoms with Gasteiger partial charge in [-0.1, -0.05) is 18.2 Å². The molecule has 0 spiro atoms. The third-order valence-electron chi connectivity index (χ3n) is 3.18. The molecule has 0 radical (unpaired) electrons. The zero-order chi connectivity index (χ0) is 13.7. The first-order chi connectivity index (χ1) is 9.26. The second-order valence-electron chi connectivity index (χ2n) is 4.35. The van der Waals surface area contributed by atoms with E-state index in [0.29, 0.717) is 6.54 Å². The van der Waals surface area contributed by atoms with Crippen LogP contribution < -0.4 is 10.5 Å². The molecule has 1 heterocycles. The predicted octanol–water partition coefficient (Wildman–Crippen LogP) is 1.87. The molecule has 19 heavy (non-hydrogen) atoms. The minimum absolute atomic E-state index is 0.180.